The van der Waals surface area contributed by atoms with Crippen LogP contribution in [0.2, 0.25) is 0 Å². The van der Waals surface area contributed by atoms with E-state index in [-0.39, 0.29) is 0 Å². The number of benzene rings is 1. The highest BCUT2D eigenvalue weighted by Crippen LogP contribution is 2.33. The van der Waals surface area contributed by atoms with Crippen LogP contribution < -0.4 is 10.6 Å². The monoisotopic (exact) mass is 365 g/mol. The van der Waals surface area contributed by atoms with Gasteiger partial charge in [-0.15, -0.1) is 0 Å². The molecule has 1 aliphatic carbocycles. The Morgan fingerprint density at radius 2 is 1.78 bits per heavy atom. The van der Waals surface area contributed by atoms with Gasteiger partial charge in [0.1, 0.15) is 0 Å². The van der Waals surface area contributed by atoms with E-state index >= 15 is 0 Å². The van der Waals surface area contributed by atoms with Crippen LogP contribution in [0.25, 0.3) is 10.9 Å². The van der Waals surface area contributed by atoms with E-state index in [9.17, 15) is 0 Å². The van der Waals surface area contributed by atoms with Gasteiger partial charge in [-0.25, -0.2) is 0 Å². The molecule has 3 nitrogen and oxygen atoms in total. The van der Waals surface area contributed by atoms with Crippen molar-refractivity contribution in [2.45, 2.75) is 71.6 Å². The molecule has 1 aliphatic rings. The number of hydrogen-bond acceptors (Lipinski definition) is 3. The average molecular weight is 366 g/mol. The van der Waals surface area contributed by atoms with Crippen molar-refractivity contribution >= 4 is 16.6 Å². The normalized spacial score (nSPS) is 13.4. The molecule has 0 bridgehead atoms. The van der Waals surface area contributed by atoms with Crippen molar-refractivity contribution in [3.05, 3.63) is 47.3 Å². The van der Waals surface area contributed by atoms with Gasteiger partial charge < -0.3 is 10.6 Å². The molecular formula is C24H35N3. The Kier molecular flexibility index (Phi) is 7.14. The maximum absolute atomic E-state index is 4.98. The zero-order chi connectivity index (χ0) is 19.1. The van der Waals surface area contributed by atoms with E-state index in [2.05, 4.69) is 42.3 Å². The summed E-state index contributed by atoms with van der Waals surface area (Å²) in [5, 5.41) is 8.39. The molecule has 0 aliphatic heterocycles. The van der Waals surface area contributed by atoms with Gasteiger partial charge in [0.25, 0.3) is 0 Å². The number of aromatic nitrogens is 1. The van der Waals surface area contributed by atoms with Crippen LogP contribution in [0, 0.1) is 6.92 Å². The van der Waals surface area contributed by atoms with Crippen molar-refractivity contribution in [2.24, 2.45) is 0 Å². The molecule has 1 aromatic heterocycles. The van der Waals surface area contributed by atoms with Gasteiger partial charge >= 0.3 is 0 Å². The summed E-state index contributed by atoms with van der Waals surface area (Å²) < 4.78 is 0. The van der Waals surface area contributed by atoms with Crippen molar-refractivity contribution < 1.29 is 0 Å². The van der Waals surface area contributed by atoms with Crippen molar-refractivity contribution in [1.29, 1.82) is 0 Å². The topological polar surface area (TPSA) is 37.0 Å². The number of hydrogen-bond donors (Lipinski definition) is 2. The lowest BCUT2D eigenvalue weighted by Gasteiger charge is -2.22. The average Bonchev–Trinajstić information content (AvgIpc) is 2.65. The van der Waals surface area contributed by atoms with E-state index in [0.717, 1.165) is 30.7 Å². The van der Waals surface area contributed by atoms with E-state index in [1.54, 1.807) is 0 Å². The number of unbranched alkanes of at least 4 members (excludes halogenated alkanes) is 4. The molecular weight excluding hydrogens is 330 g/mol. The number of nitrogens with zero attached hydrogens (tertiary/aromatic N) is 1. The van der Waals surface area contributed by atoms with E-state index in [1.165, 1.54) is 79.3 Å². The van der Waals surface area contributed by atoms with Crippen LogP contribution in [0.5, 0.6) is 0 Å². The minimum absolute atomic E-state index is 1.06. The fourth-order valence-corrected chi connectivity index (χ4v) is 4.03. The van der Waals surface area contributed by atoms with Crippen LogP contribution in [0.4, 0.5) is 5.69 Å². The summed E-state index contributed by atoms with van der Waals surface area (Å²) in [6.45, 7) is 10.2. The smallest absolute Gasteiger partial charge is 0.0728 e. The largest absolute Gasteiger partial charge is 0.389 e. The van der Waals surface area contributed by atoms with E-state index < -0.39 is 0 Å². The molecule has 2 aromatic rings. The minimum Gasteiger partial charge on any atom is -0.389 e. The fraction of sp³-hybridized carbons (Fsp3) is 0.542. The second kappa shape index (κ2) is 9.77. The van der Waals surface area contributed by atoms with Gasteiger partial charge in [-0.3, -0.25) is 4.98 Å². The Morgan fingerprint density at radius 1 is 1.04 bits per heavy atom. The Balaban J connectivity index is 1.54. The van der Waals surface area contributed by atoms with E-state index in [4.69, 9.17) is 4.98 Å². The SMILES string of the molecule is C=C(C)NCCCCCCCNc1c2c(nc3cc(C)ccc13)CCCC2. The first-order valence-corrected chi connectivity index (χ1v) is 10.7. The van der Waals surface area contributed by atoms with Gasteiger partial charge in [-0.1, -0.05) is 38.0 Å². The third kappa shape index (κ3) is 5.47. The van der Waals surface area contributed by atoms with Crippen LogP contribution in [0.1, 0.15) is 68.7 Å². The molecule has 1 heterocycles. The van der Waals surface area contributed by atoms with Gasteiger partial charge in [0.15, 0.2) is 0 Å². The van der Waals surface area contributed by atoms with Gasteiger partial charge in [-0.05, 0) is 69.6 Å². The van der Waals surface area contributed by atoms with Gasteiger partial charge in [0.05, 0.1) is 5.52 Å². The molecule has 0 atom stereocenters. The third-order valence-electron chi connectivity index (χ3n) is 5.50. The Labute approximate surface area is 164 Å². The van der Waals surface area contributed by atoms with Crippen LogP contribution >= 0.6 is 0 Å². The highest BCUT2D eigenvalue weighted by molar-refractivity contribution is 5.94. The number of pyridine rings is 1. The summed E-state index contributed by atoms with van der Waals surface area (Å²) in [6, 6.07) is 6.70. The van der Waals surface area contributed by atoms with Crippen molar-refractivity contribution in [2.75, 3.05) is 18.4 Å². The summed E-state index contributed by atoms with van der Waals surface area (Å²) in [5.41, 5.74) is 7.68. The molecule has 0 saturated carbocycles. The van der Waals surface area contributed by atoms with Crippen molar-refractivity contribution in [1.82, 2.24) is 10.3 Å². The first kappa shape index (κ1) is 19.7. The fourth-order valence-electron chi connectivity index (χ4n) is 4.03. The number of allylic oxidation sites excluding steroid dienone is 1. The molecule has 0 unspecified atom stereocenters. The molecule has 2 N–H and O–H groups in total. The molecule has 3 rings (SSSR count). The van der Waals surface area contributed by atoms with E-state index in [0.29, 0.717) is 0 Å². The lowest BCUT2D eigenvalue weighted by molar-refractivity contribution is 0.605. The lowest BCUT2D eigenvalue weighted by atomic mass is 9.92. The van der Waals surface area contributed by atoms with Crippen molar-refractivity contribution in [3.63, 3.8) is 0 Å². The second-order valence-corrected chi connectivity index (χ2v) is 8.04. The lowest BCUT2D eigenvalue weighted by Crippen LogP contribution is -2.12. The molecule has 146 valence electrons. The van der Waals surface area contributed by atoms with Crippen LogP contribution in [-0.2, 0) is 12.8 Å². The summed E-state index contributed by atoms with van der Waals surface area (Å²) in [4.78, 5) is 4.98. The third-order valence-corrected chi connectivity index (χ3v) is 5.50. The second-order valence-electron chi connectivity index (χ2n) is 8.04. The first-order chi connectivity index (χ1) is 13.1. The summed E-state index contributed by atoms with van der Waals surface area (Å²) in [5.74, 6) is 0. The predicted molar refractivity (Wildman–Crippen MR) is 118 cm³/mol. The number of aryl methyl sites for hydroxylation is 2. The molecule has 0 amide bonds. The zero-order valence-electron chi connectivity index (χ0n) is 17.2. The Morgan fingerprint density at radius 3 is 2.59 bits per heavy atom. The Hall–Kier alpha value is -2.03. The highest BCUT2D eigenvalue weighted by atomic mass is 14.9. The Bertz CT molecular complexity index is 779. The van der Waals surface area contributed by atoms with E-state index in [1.807, 2.05) is 6.92 Å². The highest BCUT2D eigenvalue weighted by Gasteiger charge is 2.17. The molecule has 0 spiro atoms. The van der Waals surface area contributed by atoms with Crippen LogP contribution in [-0.4, -0.2) is 18.1 Å². The zero-order valence-corrected chi connectivity index (χ0v) is 17.2. The molecule has 1 aromatic carbocycles. The summed E-state index contributed by atoms with van der Waals surface area (Å²) in [7, 11) is 0. The molecule has 0 saturated heterocycles. The minimum atomic E-state index is 1.06. The summed E-state index contributed by atoms with van der Waals surface area (Å²) in [6.07, 6.45) is 11.2. The quantitative estimate of drug-likeness (QED) is 0.514. The number of rotatable bonds is 10. The number of fused-ring (bicyclic) bond motifs is 2. The predicted octanol–water partition coefficient (Wildman–Crippen LogP) is 5.91. The first-order valence-electron chi connectivity index (χ1n) is 10.7. The number of nitrogens with one attached hydrogen (secondary N) is 2. The molecule has 27 heavy (non-hydrogen) atoms. The molecule has 3 heteroatoms. The maximum Gasteiger partial charge on any atom is 0.0728 e. The maximum atomic E-state index is 4.98. The van der Waals surface area contributed by atoms with Crippen molar-refractivity contribution in [3.8, 4) is 0 Å². The molecule has 0 fully saturated rings. The molecule has 0 radical (unpaired) electrons. The van der Waals surface area contributed by atoms with Crippen LogP contribution in [0.3, 0.4) is 0 Å². The van der Waals surface area contributed by atoms with Gasteiger partial charge in [-0.2, -0.15) is 0 Å². The summed E-state index contributed by atoms with van der Waals surface area (Å²) >= 11 is 0. The van der Waals surface area contributed by atoms with Gasteiger partial charge in [0, 0.05) is 35.6 Å². The van der Waals surface area contributed by atoms with Crippen LogP contribution in [0.15, 0.2) is 30.5 Å². The van der Waals surface area contributed by atoms with Gasteiger partial charge in [0.2, 0.25) is 0 Å². The number of anilines is 1. The standard InChI is InChI=1S/C24H35N3/c1-18(2)25-15-9-5-4-6-10-16-26-24-20-11-7-8-12-22(20)27-23-17-19(3)13-14-21(23)24/h13-14,17,25H,1,4-12,15-16H2,2-3H3,(H,26,27).